The maximum atomic E-state index is 5.16. The number of nitrogens with zero attached hydrogens (tertiary/aromatic N) is 2. The van der Waals surface area contributed by atoms with Gasteiger partial charge in [-0.1, -0.05) is 91.0 Å². The predicted octanol–water partition coefficient (Wildman–Crippen LogP) is 9.36. The zero-order valence-corrected chi connectivity index (χ0v) is 21.7. The van der Waals surface area contributed by atoms with Gasteiger partial charge in [0.15, 0.2) is 0 Å². The van der Waals surface area contributed by atoms with Gasteiger partial charge in [-0.2, -0.15) is 0 Å². The van der Waals surface area contributed by atoms with Crippen molar-refractivity contribution in [2.75, 3.05) is 0 Å². The smallest absolute Gasteiger partial charge is 0.147 e. The van der Waals surface area contributed by atoms with Crippen LogP contribution in [0.2, 0.25) is 0 Å². The van der Waals surface area contributed by atoms with Crippen LogP contribution < -0.4 is 0 Å². The molecule has 38 heavy (non-hydrogen) atoms. The molecule has 0 N–H and O–H groups in total. The average Bonchev–Trinajstić information content (AvgIpc) is 3.58. The minimum absolute atomic E-state index is 0.991. The molecule has 0 amide bonds. The van der Waals surface area contributed by atoms with Crippen LogP contribution in [0.3, 0.4) is 0 Å². The van der Waals surface area contributed by atoms with Gasteiger partial charge in [0.25, 0.3) is 0 Å². The molecule has 0 radical (unpaired) electrons. The van der Waals surface area contributed by atoms with E-state index < -0.39 is 0 Å². The van der Waals surface area contributed by atoms with Gasteiger partial charge in [0.1, 0.15) is 5.82 Å². The molecule has 0 atom stereocenters. The standard InChI is InChI=1S/C35H26N2S/c1-3-9-25(10-4-1)15-16-26-17-22-34-30(23-26)31(24-38-34)35-36-32-13-7-8-14-33(32)37(35)29-20-18-28(19-21-29)27-11-5-2-6-12-27/h1-14,17-24H,15-16H2. The average molecular weight is 507 g/mol. The summed E-state index contributed by atoms with van der Waals surface area (Å²) >= 11 is 1.79. The second kappa shape index (κ2) is 9.77. The lowest BCUT2D eigenvalue weighted by molar-refractivity contribution is 0.962. The molecular formula is C35H26N2S. The maximum Gasteiger partial charge on any atom is 0.147 e. The summed E-state index contributed by atoms with van der Waals surface area (Å²) in [6.07, 6.45) is 2.06. The Morgan fingerprint density at radius 1 is 0.605 bits per heavy atom. The number of thiophene rings is 1. The van der Waals surface area contributed by atoms with Crippen molar-refractivity contribution in [1.29, 1.82) is 0 Å². The highest BCUT2D eigenvalue weighted by atomic mass is 32.1. The monoisotopic (exact) mass is 506 g/mol. The minimum Gasteiger partial charge on any atom is -0.292 e. The first-order valence-corrected chi connectivity index (χ1v) is 13.9. The summed E-state index contributed by atoms with van der Waals surface area (Å²) < 4.78 is 3.60. The first-order chi connectivity index (χ1) is 18.8. The van der Waals surface area contributed by atoms with Crippen LogP contribution in [0.5, 0.6) is 0 Å². The quantitative estimate of drug-likeness (QED) is 0.220. The Balaban J connectivity index is 1.32. The zero-order valence-electron chi connectivity index (χ0n) is 20.9. The molecule has 0 unspecified atom stereocenters. The number of rotatable bonds is 6. The topological polar surface area (TPSA) is 17.8 Å². The van der Waals surface area contributed by atoms with E-state index in [4.69, 9.17) is 4.98 Å². The number of aryl methyl sites for hydroxylation is 2. The molecule has 0 aliphatic heterocycles. The van der Waals surface area contributed by atoms with Crippen molar-refractivity contribution in [3.05, 3.63) is 144 Å². The second-order valence-corrected chi connectivity index (χ2v) is 10.5. The number of benzene rings is 5. The van der Waals surface area contributed by atoms with Crippen molar-refractivity contribution in [2.45, 2.75) is 12.8 Å². The molecule has 2 nitrogen and oxygen atoms in total. The molecule has 0 bridgehead atoms. The van der Waals surface area contributed by atoms with Gasteiger partial charge in [-0.05, 0) is 71.5 Å². The van der Waals surface area contributed by atoms with Gasteiger partial charge in [-0.25, -0.2) is 4.98 Å². The maximum absolute atomic E-state index is 5.16. The Morgan fingerprint density at radius 3 is 2.11 bits per heavy atom. The van der Waals surface area contributed by atoms with E-state index in [0.717, 1.165) is 35.4 Å². The highest BCUT2D eigenvalue weighted by molar-refractivity contribution is 7.17. The summed E-state index contributed by atoms with van der Waals surface area (Å²) in [5, 5.41) is 3.54. The normalized spacial score (nSPS) is 11.4. The summed E-state index contributed by atoms with van der Waals surface area (Å²) in [6.45, 7) is 0. The van der Waals surface area contributed by atoms with Gasteiger partial charge in [0.2, 0.25) is 0 Å². The van der Waals surface area contributed by atoms with Gasteiger partial charge in [-0.3, -0.25) is 4.57 Å². The number of fused-ring (bicyclic) bond motifs is 2. The largest absolute Gasteiger partial charge is 0.292 e. The lowest BCUT2D eigenvalue weighted by Crippen LogP contribution is -1.97. The van der Waals surface area contributed by atoms with Gasteiger partial charge < -0.3 is 0 Å². The molecule has 7 rings (SSSR count). The predicted molar refractivity (Wildman–Crippen MR) is 161 cm³/mol. The third-order valence-electron chi connectivity index (χ3n) is 7.22. The van der Waals surface area contributed by atoms with Crippen molar-refractivity contribution in [3.63, 3.8) is 0 Å². The summed E-state index contributed by atoms with van der Waals surface area (Å²) in [6, 6.07) is 45.4. The molecule has 2 aromatic heterocycles. The summed E-state index contributed by atoms with van der Waals surface area (Å²) in [5.41, 5.74) is 9.60. The second-order valence-electron chi connectivity index (χ2n) is 9.64. The first-order valence-electron chi connectivity index (χ1n) is 13.0. The van der Waals surface area contributed by atoms with E-state index in [-0.39, 0.29) is 0 Å². The van der Waals surface area contributed by atoms with E-state index in [0.29, 0.717) is 0 Å². The Hall–Kier alpha value is -4.47. The molecule has 0 saturated carbocycles. The van der Waals surface area contributed by atoms with Crippen molar-refractivity contribution in [2.24, 2.45) is 0 Å². The molecule has 3 heteroatoms. The lowest BCUT2D eigenvalue weighted by atomic mass is 10.0. The molecule has 0 aliphatic carbocycles. The molecule has 7 aromatic rings. The molecule has 182 valence electrons. The van der Waals surface area contributed by atoms with Crippen LogP contribution in [0.1, 0.15) is 11.1 Å². The van der Waals surface area contributed by atoms with Crippen LogP contribution in [0.15, 0.2) is 133 Å². The fourth-order valence-corrected chi connectivity index (χ4v) is 6.16. The van der Waals surface area contributed by atoms with Crippen LogP contribution >= 0.6 is 11.3 Å². The molecule has 0 fully saturated rings. The summed E-state index contributed by atoms with van der Waals surface area (Å²) in [4.78, 5) is 5.16. The third kappa shape index (κ3) is 4.21. The van der Waals surface area contributed by atoms with Crippen LogP contribution in [-0.4, -0.2) is 9.55 Å². The van der Waals surface area contributed by atoms with E-state index >= 15 is 0 Å². The fourth-order valence-electron chi connectivity index (χ4n) is 5.24. The lowest BCUT2D eigenvalue weighted by Gasteiger charge is -2.11. The molecule has 0 aliphatic rings. The van der Waals surface area contributed by atoms with E-state index in [1.54, 1.807) is 11.3 Å². The van der Waals surface area contributed by atoms with Crippen molar-refractivity contribution >= 4 is 32.5 Å². The molecule has 5 aromatic carbocycles. The van der Waals surface area contributed by atoms with Gasteiger partial charge >= 0.3 is 0 Å². The van der Waals surface area contributed by atoms with Crippen molar-refractivity contribution < 1.29 is 0 Å². The number of hydrogen-bond donors (Lipinski definition) is 0. The van der Waals surface area contributed by atoms with Crippen molar-refractivity contribution in [3.8, 4) is 28.2 Å². The highest BCUT2D eigenvalue weighted by Crippen LogP contribution is 2.37. The third-order valence-corrected chi connectivity index (χ3v) is 8.18. The Labute approximate surface area is 226 Å². The Kier molecular flexibility index (Phi) is 5.84. The van der Waals surface area contributed by atoms with Crippen molar-refractivity contribution in [1.82, 2.24) is 9.55 Å². The van der Waals surface area contributed by atoms with E-state index in [1.165, 1.54) is 37.9 Å². The van der Waals surface area contributed by atoms with Gasteiger partial charge in [0, 0.05) is 26.7 Å². The minimum atomic E-state index is 0.991. The van der Waals surface area contributed by atoms with Gasteiger partial charge in [-0.15, -0.1) is 11.3 Å². The zero-order chi connectivity index (χ0) is 25.3. The van der Waals surface area contributed by atoms with E-state index in [9.17, 15) is 0 Å². The van der Waals surface area contributed by atoms with Crippen LogP contribution in [0, 0.1) is 0 Å². The Morgan fingerprint density at radius 2 is 1.29 bits per heavy atom. The highest BCUT2D eigenvalue weighted by Gasteiger charge is 2.18. The van der Waals surface area contributed by atoms with Gasteiger partial charge in [0.05, 0.1) is 11.0 Å². The van der Waals surface area contributed by atoms with Crippen LogP contribution in [0.4, 0.5) is 0 Å². The fraction of sp³-hybridized carbons (Fsp3) is 0.0571. The number of imidazole rings is 1. The SMILES string of the molecule is c1ccc(CCc2ccc3scc(-c4nc5ccccc5n4-c4ccc(-c5ccccc5)cc4)c3c2)cc1. The Bertz CT molecular complexity index is 1850. The molecular weight excluding hydrogens is 480 g/mol. The summed E-state index contributed by atoms with van der Waals surface area (Å²) in [7, 11) is 0. The van der Waals surface area contributed by atoms with Crippen LogP contribution in [0.25, 0.3) is 49.3 Å². The number of aromatic nitrogens is 2. The van der Waals surface area contributed by atoms with E-state index in [1.807, 2.05) is 0 Å². The number of para-hydroxylation sites is 2. The summed E-state index contributed by atoms with van der Waals surface area (Å²) in [5.74, 6) is 0.991. The number of hydrogen-bond acceptors (Lipinski definition) is 2. The van der Waals surface area contributed by atoms with Crippen LogP contribution in [-0.2, 0) is 12.8 Å². The molecule has 0 saturated heterocycles. The van der Waals surface area contributed by atoms with E-state index in [2.05, 4.69) is 137 Å². The first kappa shape index (κ1) is 22.7. The molecule has 2 heterocycles. The molecule has 0 spiro atoms.